The lowest BCUT2D eigenvalue weighted by Crippen LogP contribution is -2.39. The van der Waals surface area contributed by atoms with E-state index in [-0.39, 0.29) is 12.4 Å². The molecule has 1 aromatic carbocycles. The summed E-state index contributed by atoms with van der Waals surface area (Å²) in [7, 11) is 4.12. The second kappa shape index (κ2) is 8.78. The van der Waals surface area contributed by atoms with E-state index < -0.39 is 0 Å². The molecule has 0 saturated carbocycles. The number of likely N-dealkylation sites (N-methyl/N-ethyl adjacent to an activating group) is 2. The molecule has 1 rings (SSSR count). The van der Waals surface area contributed by atoms with Gasteiger partial charge in [-0.2, -0.15) is 0 Å². The van der Waals surface area contributed by atoms with E-state index in [1.54, 1.807) is 12.1 Å². The number of benzene rings is 1. The molecule has 21 heavy (non-hydrogen) atoms. The van der Waals surface area contributed by atoms with Crippen LogP contribution in [0.2, 0.25) is 0 Å². The molecule has 0 aliphatic carbocycles. The normalized spacial score (nSPS) is 12.4. The number of aliphatic hydroxyl groups excluding tert-OH is 1. The third kappa shape index (κ3) is 5.84. The van der Waals surface area contributed by atoms with Crippen molar-refractivity contribution in [3.05, 3.63) is 35.1 Å². The van der Waals surface area contributed by atoms with Gasteiger partial charge in [0.1, 0.15) is 12.4 Å². The van der Waals surface area contributed by atoms with Crippen LogP contribution in [0.3, 0.4) is 0 Å². The van der Waals surface area contributed by atoms with Crippen LogP contribution in [0.15, 0.2) is 18.2 Å². The third-order valence-corrected chi connectivity index (χ3v) is 3.38. The minimum absolute atomic E-state index is 0.259. The number of rotatable bonds is 6. The van der Waals surface area contributed by atoms with Crippen molar-refractivity contribution in [3.8, 4) is 11.8 Å². The minimum atomic E-state index is -0.343. The van der Waals surface area contributed by atoms with Crippen molar-refractivity contribution in [1.82, 2.24) is 9.80 Å². The van der Waals surface area contributed by atoms with Gasteiger partial charge in [-0.15, -0.1) is 0 Å². The lowest BCUT2D eigenvalue weighted by molar-refractivity contribution is 0.174. The Hall–Kier alpha value is -1.41. The van der Waals surface area contributed by atoms with Crippen LogP contribution in [0, 0.1) is 17.7 Å². The summed E-state index contributed by atoms with van der Waals surface area (Å²) in [6.07, 6.45) is 0. The number of aliphatic hydroxyl groups is 1. The Morgan fingerprint density at radius 1 is 1.33 bits per heavy atom. The van der Waals surface area contributed by atoms with Crippen molar-refractivity contribution in [1.29, 1.82) is 0 Å². The van der Waals surface area contributed by atoms with E-state index in [1.165, 1.54) is 6.07 Å². The van der Waals surface area contributed by atoms with Crippen LogP contribution in [-0.2, 0) is 6.54 Å². The number of nitrogens with zero attached hydrogens (tertiary/aromatic N) is 2. The van der Waals surface area contributed by atoms with Gasteiger partial charge < -0.3 is 10.0 Å². The average molecular weight is 292 g/mol. The van der Waals surface area contributed by atoms with E-state index in [2.05, 4.69) is 49.6 Å². The Labute approximate surface area is 127 Å². The van der Waals surface area contributed by atoms with Gasteiger partial charge >= 0.3 is 0 Å². The van der Waals surface area contributed by atoms with Gasteiger partial charge in [-0.25, -0.2) is 4.39 Å². The second-order valence-electron chi connectivity index (χ2n) is 5.45. The first-order valence-electron chi connectivity index (χ1n) is 7.24. The van der Waals surface area contributed by atoms with Gasteiger partial charge in [0.05, 0.1) is 5.56 Å². The monoisotopic (exact) mass is 292 g/mol. The molecule has 3 nitrogen and oxygen atoms in total. The van der Waals surface area contributed by atoms with Crippen LogP contribution in [0.25, 0.3) is 0 Å². The molecule has 0 saturated heterocycles. The number of halogens is 1. The van der Waals surface area contributed by atoms with Crippen LogP contribution in [0.5, 0.6) is 0 Å². The lowest BCUT2D eigenvalue weighted by atomic mass is 10.1. The molecule has 0 heterocycles. The molecule has 0 aliphatic heterocycles. The van der Waals surface area contributed by atoms with E-state index in [0.29, 0.717) is 11.6 Å². The summed E-state index contributed by atoms with van der Waals surface area (Å²) >= 11 is 0. The van der Waals surface area contributed by atoms with Gasteiger partial charge in [-0.1, -0.05) is 24.8 Å². The van der Waals surface area contributed by atoms with E-state index in [1.807, 2.05) is 0 Å². The highest BCUT2D eigenvalue weighted by molar-refractivity contribution is 5.38. The van der Waals surface area contributed by atoms with Crippen LogP contribution in [0.4, 0.5) is 4.39 Å². The molecule has 0 radical (unpaired) electrons. The van der Waals surface area contributed by atoms with Gasteiger partial charge in [0.2, 0.25) is 0 Å². The van der Waals surface area contributed by atoms with Crippen molar-refractivity contribution in [2.45, 2.75) is 26.4 Å². The van der Waals surface area contributed by atoms with E-state index >= 15 is 0 Å². The molecule has 1 N–H and O–H groups in total. The molecule has 0 aliphatic rings. The minimum Gasteiger partial charge on any atom is -0.384 e. The van der Waals surface area contributed by atoms with Crippen LogP contribution >= 0.6 is 0 Å². The Balaban J connectivity index is 2.85. The standard InChI is InChI=1S/C17H25FN2O/c1-5-20(14(2)12-19(3)4)13-15-8-9-17(18)16(11-15)7-6-10-21/h8-9,11,14,21H,5,10,12-13H2,1-4H3. The fraction of sp³-hybridized carbons (Fsp3) is 0.529. The van der Waals surface area contributed by atoms with E-state index in [9.17, 15) is 4.39 Å². The van der Waals surface area contributed by atoms with E-state index in [0.717, 1.165) is 25.2 Å². The fourth-order valence-corrected chi connectivity index (χ4v) is 2.36. The molecule has 1 aromatic rings. The zero-order chi connectivity index (χ0) is 15.8. The average Bonchev–Trinajstić information content (AvgIpc) is 2.44. The predicted molar refractivity (Wildman–Crippen MR) is 84.5 cm³/mol. The summed E-state index contributed by atoms with van der Waals surface area (Å²) in [5, 5.41) is 8.72. The Bertz CT molecular complexity index is 505. The van der Waals surface area contributed by atoms with Gasteiger partial charge in [-0.3, -0.25) is 4.90 Å². The molecule has 4 heteroatoms. The molecule has 116 valence electrons. The van der Waals surface area contributed by atoms with Crippen molar-refractivity contribution in [3.63, 3.8) is 0 Å². The van der Waals surface area contributed by atoms with Crippen molar-refractivity contribution >= 4 is 0 Å². The summed E-state index contributed by atoms with van der Waals surface area (Å²) in [5.41, 5.74) is 1.38. The summed E-state index contributed by atoms with van der Waals surface area (Å²) in [5.74, 6) is 4.80. The summed E-state index contributed by atoms with van der Waals surface area (Å²) in [6.45, 7) is 6.74. The Kier molecular flexibility index (Phi) is 7.38. The summed E-state index contributed by atoms with van der Waals surface area (Å²) in [4.78, 5) is 4.51. The van der Waals surface area contributed by atoms with Gasteiger partial charge in [0.25, 0.3) is 0 Å². The van der Waals surface area contributed by atoms with Crippen LogP contribution in [-0.4, -0.2) is 54.7 Å². The highest BCUT2D eigenvalue weighted by Gasteiger charge is 2.14. The smallest absolute Gasteiger partial charge is 0.138 e. The maximum Gasteiger partial charge on any atom is 0.138 e. The highest BCUT2D eigenvalue weighted by atomic mass is 19.1. The first-order valence-corrected chi connectivity index (χ1v) is 7.24. The third-order valence-electron chi connectivity index (χ3n) is 3.38. The molecule has 1 atom stereocenters. The fourth-order valence-electron chi connectivity index (χ4n) is 2.36. The Morgan fingerprint density at radius 3 is 2.62 bits per heavy atom. The van der Waals surface area contributed by atoms with Crippen LogP contribution in [0.1, 0.15) is 25.0 Å². The zero-order valence-electron chi connectivity index (χ0n) is 13.4. The zero-order valence-corrected chi connectivity index (χ0v) is 13.4. The lowest BCUT2D eigenvalue weighted by Gasteiger charge is -2.30. The molecular formula is C17H25FN2O. The predicted octanol–water partition coefficient (Wildman–Crippen LogP) is 1.94. The maximum absolute atomic E-state index is 13.6. The quantitative estimate of drug-likeness (QED) is 0.812. The van der Waals surface area contributed by atoms with Gasteiger partial charge in [0, 0.05) is 19.1 Å². The molecule has 1 unspecified atom stereocenters. The number of hydrogen-bond donors (Lipinski definition) is 1. The van der Waals surface area contributed by atoms with Gasteiger partial charge in [0.15, 0.2) is 0 Å². The first-order chi connectivity index (χ1) is 9.97. The molecular weight excluding hydrogens is 267 g/mol. The summed E-state index contributed by atoms with van der Waals surface area (Å²) < 4.78 is 13.6. The van der Waals surface area contributed by atoms with Crippen LogP contribution < -0.4 is 0 Å². The molecule has 0 fully saturated rings. The topological polar surface area (TPSA) is 26.7 Å². The van der Waals surface area contributed by atoms with Crippen molar-refractivity contribution < 1.29 is 9.50 Å². The molecule has 0 bridgehead atoms. The van der Waals surface area contributed by atoms with Gasteiger partial charge in [-0.05, 0) is 45.3 Å². The first kappa shape index (κ1) is 17.6. The number of hydrogen-bond acceptors (Lipinski definition) is 3. The second-order valence-corrected chi connectivity index (χ2v) is 5.45. The summed E-state index contributed by atoms with van der Waals surface area (Å²) in [6, 6.07) is 5.43. The SMILES string of the molecule is CCN(Cc1ccc(F)c(C#CCO)c1)C(C)CN(C)C. The molecule has 0 amide bonds. The largest absolute Gasteiger partial charge is 0.384 e. The van der Waals surface area contributed by atoms with Crippen molar-refractivity contribution in [2.75, 3.05) is 33.8 Å². The molecule has 0 spiro atoms. The molecule has 0 aromatic heterocycles. The van der Waals surface area contributed by atoms with E-state index in [4.69, 9.17) is 5.11 Å². The van der Waals surface area contributed by atoms with Crippen molar-refractivity contribution in [2.24, 2.45) is 0 Å². The highest BCUT2D eigenvalue weighted by Crippen LogP contribution is 2.13. The Morgan fingerprint density at radius 2 is 2.05 bits per heavy atom. The maximum atomic E-state index is 13.6.